The highest BCUT2D eigenvalue weighted by Gasteiger charge is 2.11. The van der Waals surface area contributed by atoms with Gasteiger partial charge < -0.3 is 5.32 Å². The summed E-state index contributed by atoms with van der Waals surface area (Å²) in [5.74, 6) is 5.87. The van der Waals surface area contributed by atoms with E-state index in [0.29, 0.717) is 0 Å². The van der Waals surface area contributed by atoms with Crippen LogP contribution in [-0.2, 0) is 6.42 Å². The summed E-state index contributed by atoms with van der Waals surface area (Å²) < 4.78 is 1.53. The van der Waals surface area contributed by atoms with Crippen LogP contribution < -0.4 is 15.8 Å². The first kappa shape index (κ1) is 18.7. The largest absolute Gasteiger partial charge is 0.361 e. The van der Waals surface area contributed by atoms with Crippen molar-refractivity contribution >= 4 is 16.6 Å². The number of rotatable bonds is 6. The summed E-state index contributed by atoms with van der Waals surface area (Å²) in [7, 11) is 0. The molecule has 2 aromatic heterocycles. The van der Waals surface area contributed by atoms with Gasteiger partial charge in [-0.2, -0.15) is 0 Å². The summed E-state index contributed by atoms with van der Waals surface area (Å²) in [6, 6.07) is 21.3. The van der Waals surface area contributed by atoms with E-state index in [9.17, 15) is 0 Å². The molecule has 0 atom stereocenters. The minimum absolute atomic E-state index is 0.879. The summed E-state index contributed by atoms with van der Waals surface area (Å²) in [5.41, 5.74) is 7.58. The lowest BCUT2D eigenvalue weighted by molar-refractivity contribution is -0.637. The maximum Gasteiger partial charge on any atom is 0.210 e. The monoisotopic (exact) mass is 381 g/mol. The molecule has 0 unspecified atom stereocenters. The van der Waals surface area contributed by atoms with E-state index in [2.05, 4.69) is 67.4 Å². The highest BCUT2D eigenvalue weighted by Crippen LogP contribution is 2.29. The number of nitrogens with two attached hydrogens (primary N) is 1. The topological polar surface area (TPSA) is 54.8 Å². The van der Waals surface area contributed by atoms with Crippen molar-refractivity contribution in [3.8, 4) is 22.4 Å². The molecule has 2 aromatic carbocycles. The number of pyridine rings is 2. The van der Waals surface area contributed by atoms with Crippen LogP contribution >= 0.6 is 0 Å². The number of nitrogen functional groups attached to an aromatic ring is 1. The second kappa shape index (κ2) is 8.15. The van der Waals surface area contributed by atoms with Crippen molar-refractivity contribution in [2.45, 2.75) is 19.8 Å². The van der Waals surface area contributed by atoms with Crippen LogP contribution in [0.4, 0.5) is 5.69 Å². The Morgan fingerprint density at radius 3 is 2.31 bits per heavy atom. The van der Waals surface area contributed by atoms with Crippen LogP contribution in [0.3, 0.4) is 0 Å². The van der Waals surface area contributed by atoms with E-state index in [0.717, 1.165) is 34.3 Å². The third-order valence-electron chi connectivity index (χ3n) is 5.03. The van der Waals surface area contributed by atoms with Crippen LogP contribution in [0.5, 0.6) is 0 Å². The minimum Gasteiger partial charge on any atom is -0.361 e. The van der Waals surface area contributed by atoms with Gasteiger partial charge in [-0.1, -0.05) is 73.1 Å². The normalized spacial score (nSPS) is 10.8. The van der Waals surface area contributed by atoms with Crippen LogP contribution in [0.2, 0.25) is 0 Å². The molecule has 4 nitrogen and oxygen atoms in total. The van der Waals surface area contributed by atoms with Gasteiger partial charge in [0.15, 0.2) is 0 Å². The minimum atomic E-state index is 0.879. The lowest BCUT2D eigenvalue weighted by Crippen LogP contribution is -2.43. The van der Waals surface area contributed by atoms with Gasteiger partial charge in [-0.25, -0.2) is 10.8 Å². The van der Waals surface area contributed by atoms with Gasteiger partial charge in [0.1, 0.15) is 0 Å². The molecule has 0 saturated carbocycles. The van der Waals surface area contributed by atoms with Crippen molar-refractivity contribution in [2.24, 2.45) is 0 Å². The number of nitrogens with zero attached hydrogens (tertiary/aromatic N) is 2. The maximum atomic E-state index is 5.87. The second-order valence-electron chi connectivity index (χ2n) is 7.12. The van der Waals surface area contributed by atoms with Crippen molar-refractivity contribution in [2.75, 3.05) is 11.2 Å². The number of hydrogen-bond acceptors (Lipinski definition) is 3. The number of aryl methyl sites for hydroxylation is 1. The molecule has 4 rings (SSSR count). The predicted octanol–water partition coefficient (Wildman–Crippen LogP) is 5.08. The summed E-state index contributed by atoms with van der Waals surface area (Å²) >= 11 is 0. The Morgan fingerprint density at radius 2 is 1.66 bits per heavy atom. The Morgan fingerprint density at radius 1 is 1.00 bits per heavy atom. The molecule has 0 spiro atoms. The highest BCUT2D eigenvalue weighted by molar-refractivity contribution is 5.93. The number of anilines is 1. The van der Waals surface area contributed by atoms with Crippen LogP contribution in [0, 0.1) is 0 Å². The number of benzene rings is 2. The third-order valence-corrected chi connectivity index (χ3v) is 5.03. The molecule has 144 valence electrons. The Hall–Kier alpha value is -3.66. The van der Waals surface area contributed by atoms with Gasteiger partial charge >= 0.3 is 0 Å². The number of aromatic nitrogens is 2. The zero-order chi connectivity index (χ0) is 20.2. The van der Waals surface area contributed by atoms with Gasteiger partial charge in [0.2, 0.25) is 12.4 Å². The van der Waals surface area contributed by atoms with Crippen molar-refractivity contribution in [3.63, 3.8) is 0 Å². The van der Waals surface area contributed by atoms with E-state index in [1.807, 2.05) is 18.3 Å². The molecule has 0 bridgehead atoms. The first-order valence-corrected chi connectivity index (χ1v) is 9.86. The van der Waals surface area contributed by atoms with Gasteiger partial charge in [0.05, 0.1) is 22.3 Å². The first-order valence-electron chi connectivity index (χ1n) is 9.86. The Kier molecular flexibility index (Phi) is 5.25. The highest BCUT2D eigenvalue weighted by atomic mass is 15.3. The summed E-state index contributed by atoms with van der Waals surface area (Å²) in [5, 5.41) is 4.14. The molecule has 0 aliphatic carbocycles. The van der Waals surface area contributed by atoms with Crippen molar-refractivity contribution in [1.29, 1.82) is 0 Å². The Balaban J connectivity index is 1.69. The van der Waals surface area contributed by atoms with Crippen LogP contribution in [0.1, 0.15) is 18.9 Å². The third kappa shape index (κ3) is 3.97. The van der Waals surface area contributed by atoms with Gasteiger partial charge in [-0.15, -0.1) is 0 Å². The van der Waals surface area contributed by atoms with Crippen LogP contribution in [-0.4, -0.2) is 4.98 Å². The summed E-state index contributed by atoms with van der Waals surface area (Å²) in [6.45, 7) is 5.99. The fourth-order valence-electron chi connectivity index (χ4n) is 3.55. The summed E-state index contributed by atoms with van der Waals surface area (Å²) in [6.07, 6.45) is 7.60. The van der Waals surface area contributed by atoms with E-state index in [4.69, 9.17) is 10.8 Å². The van der Waals surface area contributed by atoms with Gasteiger partial charge in [-0.05, 0) is 35.4 Å². The second-order valence-corrected chi connectivity index (χ2v) is 7.12. The van der Waals surface area contributed by atoms with Crippen molar-refractivity contribution in [3.05, 3.63) is 91.4 Å². The SMILES string of the molecule is C=CNc1cc(-c2ccc(-c3ccc(CCC)cc3)cc2)nc2cc[n+](N)cc12. The zero-order valence-electron chi connectivity index (χ0n) is 16.6. The first-order chi connectivity index (χ1) is 14.2. The molecule has 0 fully saturated rings. The molecule has 2 heterocycles. The fourth-order valence-corrected chi connectivity index (χ4v) is 3.55. The van der Waals surface area contributed by atoms with Crippen molar-refractivity contribution in [1.82, 2.24) is 4.98 Å². The molecular weight excluding hydrogens is 356 g/mol. The van der Waals surface area contributed by atoms with Crippen LogP contribution in [0.15, 0.2) is 85.8 Å². The van der Waals surface area contributed by atoms with Gasteiger partial charge in [0, 0.05) is 11.6 Å². The van der Waals surface area contributed by atoms with Gasteiger partial charge in [-0.3, -0.25) is 0 Å². The predicted molar refractivity (Wildman–Crippen MR) is 121 cm³/mol. The standard InChI is InChI=1S/C25H24N4/c1-3-5-18-6-8-19(9-7-18)20-10-12-21(13-11-20)24-16-25(27-4-2)22-17-29(26)15-14-23(22)28-24/h4,6-17H,2-3,5,26H2,1H3/p+1. The Labute approximate surface area is 171 Å². The van der Waals surface area contributed by atoms with Crippen LogP contribution in [0.25, 0.3) is 33.3 Å². The fraction of sp³-hybridized carbons (Fsp3) is 0.120. The average molecular weight is 382 g/mol. The smallest absolute Gasteiger partial charge is 0.210 e. The molecular formula is C25H25N4+. The molecule has 4 aromatic rings. The molecule has 0 aliphatic rings. The molecule has 0 saturated heterocycles. The van der Waals surface area contributed by atoms with E-state index < -0.39 is 0 Å². The van der Waals surface area contributed by atoms with Crippen molar-refractivity contribution < 1.29 is 4.68 Å². The number of nitrogens with one attached hydrogen (secondary N) is 1. The molecule has 29 heavy (non-hydrogen) atoms. The lowest BCUT2D eigenvalue weighted by Gasteiger charge is -2.09. The Bertz CT molecular complexity index is 1150. The van der Waals surface area contributed by atoms with Gasteiger partial charge in [0.25, 0.3) is 0 Å². The molecule has 4 heteroatoms. The van der Waals surface area contributed by atoms with E-state index in [1.165, 1.54) is 27.8 Å². The number of hydrogen-bond donors (Lipinski definition) is 2. The molecule has 3 N–H and O–H groups in total. The quantitative estimate of drug-likeness (QED) is 0.362. The molecule has 0 amide bonds. The molecule has 0 aliphatic heterocycles. The van der Waals surface area contributed by atoms with E-state index in [-0.39, 0.29) is 0 Å². The van der Waals surface area contributed by atoms with E-state index in [1.54, 1.807) is 12.4 Å². The average Bonchev–Trinajstić information content (AvgIpc) is 2.75. The zero-order valence-corrected chi connectivity index (χ0v) is 16.6. The number of fused-ring (bicyclic) bond motifs is 1. The molecule has 0 radical (unpaired) electrons. The van der Waals surface area contributed by atoms with E-state index >= 15 is 0 Å². The lowest BCUT2D eigenvalue weighted by atomic mass is 10.00. The maximum absolute atomic E-state index is 5.87. The summed E-state index contributed by atoms with van der Waals surface area (Å²) in [4.78, 5) is 4.82.